The fourth-order valence-corrected chi connectivity index (χ4v) is 4.70. The van der Waals surface area contributed by atoms with Crippen LogP contribution >= 0.6 is 11.3 Å². The van der Waals surface area contributed by atoms with Crippen molar-refractivity contribution in [2.45, 2.75) is 39.8 Å². The number of fused-ring (bicyclic) bond motifs is 2. The molecule has 3 aromatic rings. The molecule has 1 aromatic heterocycles. The molecule has 30 heavy (non-hydrogen) atoms. The maximum Gasteiger partial charge on any atom is 0.322 e. The largest absolute Gasteiger partial charge is 0.322 e. The van der Waals surface area contributed by atoms with Crippen molar-refractivity contribution in [2.24, 2.45) is 0 Å². The molecule has 0 radical (unpaired) electrons. The van der Waals surface area contributed by atoms with Gasteiger partial charge in [0.15, 0.2) is 0 Å². The summed E-state index contributed by atoms with van der Waals surface area (Å²) in [6.45, 7) is 7.89. The molecule has 0 bridgehead atoms. The first-order valence-electron chi connectivity index (χ1n) is 9.75. The van der Waals surface area contributed by atoms with Gasteiger partial charge >= 0.3 is 6.03 Å². The van der Waals surface area contributed by atoms with Crippen LogP contribution in [0.4, 0.5) is 15.6 Å². The second-order valence-corrected chi connectivity index (χ2v) is 8.70. The summed E-state index contributed by atoms with van der Waals surface area (Å²) < 4.78 is 0.778. The summed E-state index contributed by atoms with van der Waals surface area (Å²) in [5.41, 5.74) is 2.07. The van der Waals surface area contributed by atoms with E-state index in [0.717, 1.165) is 9.60 Å². The molecule has 0 fully saturated rings. The molecule has 0 saturated heterocycles. The van der Waals surface area contributed by atoms with Gasteiger partial charge in [-0.1, -0.05) is 23.5 Å². The van der Waals surface area contributed by atoms with Crippen LogP contribution in [0.25, 0.3) is 10.2 Å². The van der Waals surface area contributed by atoms with Crippen molar-refractivity contribution in [3.05, 3.63) is 53.6 Å². The predicted molar refractivity (Wildman–Crippen MR) is 118 cm³/mol. The summed E-state index contributed by atoms with van der Waals surface area (Å²) in [5, 5.41) is 3.25. The van der Waals surface area contributed by atoms with Crippen LogP contribution in [0.15, 0.2) is 42.5 Å². The maximum atomic E-state index is 12.7. The number of hydrogen-bond donors (Lipinski definition) is 1. The van der Waals surface area contributed by atoms with Gasteiger partial charge in [-0.05, 0) is 58.0 Å². The van der Waals surface area contributed by atoms with Gasteiger partial charge in [0.1, 0.15) is 0 Å². The lowest BCUT2D eigenvalue weighted by Crippen LogP contribution is -2.44. The second kappa shape index (κ2) is 7.53. The highest BCUT2D eigenvalue weighted by Crippen LogP contribution is 2.35. The summed E-state index contributed by atoms with van der Waals surface area (Å²) in [4.78, 5) is 45.4. The summed E-state index contributed by atoms with van der Waals surface area (Å²) in [6.07, 6.45) is 0. The molecule has 8 heteroatoms. The average Bonchev–Trinajstić information content (AvgIpc) is 3.20. The summed E-state index contributed by atoms with van der Waals surface area (Å²) in [7, 11) is 0. The van der Waals surface area contributed by atoms with Crippen molar-refractivity contribution in [3.63, 3.8) is 0 Å². The lowest BCUT2D eigenvalue weighted by atomic mass is 10.1. The molecule has 0 spiro atoms. The van der Waals surface area contributed by atoms with Gasteiger partial charge in [-0.15, -0.1) is 0 Å². The monoisotopic (exact) mass is 422 g/mol. The van der Waals surface area contributed by atoms with E-state index in [1.807, 2.05) is 33.8 Å². The van der Waals surface area contributed by atoms with E-state index in [2.05, 4.69) is 10.3 Å². The highest BCUT2D eigenvalue weighted by molar-refractivity contribution is 7.22. The van der Waals surface area contributed by atoms with Crippen LogP contribution in [-0.4, -0.2) is 39.8 Å². The molecule has 4 rings (SSSR count). The Kier molecular flexibility index (Phi) is 5.03. The molecule has 1 aliphatic rings. The van der Waals surface area contributed by atoms with E-state index in [9.17, 15) is 14.4 Å². The summed E-state index contributed by atoms with van der Waals surface area (Å²) >= 11 is 1.24. The molecule has 0 aliphatic carbocycles. The molecule has 154 valence electrons. The number of nitrogens with one attached hydrogen (secondary N) is 1. The van der Waals surface area contributed by atoms with Gasteiger partial charge in [0, 0.05) is 17.8 Å². The zero-order valence-electron chi connectivity index (χ0n) is 17.2. The van der Waals surface area contributed by atoms with E-state index in [0.29, 0.717) is 27.5 Å². The number of urea groups is 1. The van der Waals surface area contributed by atoms with Gasteiger partial charge in [0.05, 0.1) is 21.3 Å². The van der Waals surface area contributed by atoms with E-state index in [4.69, 9.17) is 0 Å². The normalized spacial score (nSPS) is 13.5. The van der Waals surface area contributed by atoms with Crippen molar-refractivity contribution in [3.8, 4) is 0 Å². The third kappa shape index (κ3) is 3.33. The first-order valence-corrected chi connectivity index (χ1v) is 10.6. The molecule has 2 aromatic carbocycles. The minimum atomic E-state index is -0.368. The fraction of sp³-hybridized carbons (Fsp3) is 0.273. The zero-order chi connectivity index (χ0) is 21.6. The Morgan fingerprint density at radius 2 is 1.60 bits per heavy atom. The van der Waals surface area contributed by atoms with Crippen molar-refractivity contribution >= 4 is 50.2 Å². The molecular formula is C22H22N4O3S. The maximum absolute atomic E-state index is 12.7. The molecule has 4 amide bonds. The van der Waals surface area contributed by atoms with Gasteiger partial charge < -0.3 is 10.2 Å². The number of anilines is 2. The topological polar surface area (TPSA) is 82.6 Å². The van der Waals surface area contributed by atoms with E-state index in [1.165, 1.54) is 11.3 Å². The van der Waals surface area contributed by atoms with Crippen molar-refractivity contribution < 1.29 is 14.4 Å². The predicted octanol–water partition coefficient (Wildman–Crippen LogP) is 4.75. The van der Waals surface area contributed by atoms with E-state index in [1.54, 1.807) is 41.3 Å². The van der Waals surface area contributed by atoms with Crippen molar-refractivity contribution in [2.75, 3.05) is 10.2 Å². The minimum Gasteiger partial charge on any atom is -0.320 e. The third-order valence-corrected chi connectivity index (χ3v) is 5.96. The number of hydrogen-bond acceptors (Lipinski definition) is 5. The molecular weight excluding hydrogens is 400 g/mol. The van der Waals surface area contributed by atoms with Gasteiger partial charge in [-0.3, -0.25) is 9.59 Å². The molecule has 0 saturated carbocycles. The number of rotatable bonds is 4. The Hall–Kier alpha value is -3.26. The van der Waals surface area contributed by atoms with Gasteiger partial charge in [-0.25, -0.2) is 14.7 Å². The molecule has 7 nitrogen and oxygen atoms in total. The number of carbonyl (C=O) groups excluding carboxylic acids is 3. The first kappa shape index (κ1) is 20.0. The van der Waals surface area contributed by atoms with E-state index >= 15 is 0 Å². The Morgan fingerprint density at radius 1 is 1.00 bits per heavy atom. The molecule has 1 N–H and O–H groups in total. The molecule has 0 unspecified atom stereocenters. The van der Waals surface area contributed by atoms with Crippen LogP contribution < -0.4 is 10.2 Å². The number of nitrogens with zero attached hydrogens (tertiary/aromatic N) is 3. The van der Waals surface area contributed by atoms with E-state index in [-0.39, 0.29) is 29.9 Å². The second-order valence-electron chi connectivity index (χ2n) is 7.70. The van der Waals surface area contributed by atoms with Crippen molar-refractivity contribution in [1.82, 2.24) is 9.88 Å². The zero-order valence-corrected chi connectivity index (χ0v) is 18.0. The number of amides is 4. The fourth-order valence-electron chi connectivity index (χ4n) is 3.70. The van der Waals surface area contributed by atoms with Crippen LogP contribution in [0.1, 0.15) is 48.4 Å². The molecule has 2 heterocycles. The minimum absolute atomic E-state index is 0.0672. The standard InChI is InChI=1S/C22H22N4O3S/c1-12(2)25(13(3)4)21(29)23-14-9-10-17-18(11-14)30-22(24-17)26-19(27)15-7-5-6-8-16(15)20(26)28/h5-13H,1-4H3,(H,23,29). The number of aromatic nitrogens is 1. The number of carbonyl (C=O) groups is 3. The number of thiazole rings is 1. The molecule has 0 atom stereocenters. The molecule has 1 aliphatic heterocycles. The van der Waals surface area contributed by atoms with Gasteiger partial charge in [0.25, 0.3) is 11.8 Å². The Morgan fingerprint density at radius 3 is 2.17 bits per heavy atom. The highest BCUT2D eigenvalue weighted by atomic mass is 32.1. The SMILES string of the molecule is CC(C)N(C(=O)Nc1ccc2nc(N3C(=O)c4ccccc4C3=O)sc2c1)C(C)C. The number of imide groups is 1. The van der Waals surface area contributed by atoms with Crippen LogP contribution in [0, 0.1) is 0 Å². The lowest BCUT2D eigenvalue weighted by Gasteiger charge is -2.30. The summed E-state index contributed by atoms with van der Waals surface area (Å²) in [6, 6.07) is 12.1. The van der Waals surface area contributed by atoms with Crippen LogP contribution in [-0.2, 0) is 0 Å². The van der Waals surface area contributed by atoms with Crippen LogP contribution in [0.5, 0.6) is 0 Å². The Labute approximate surface area is 178 Å². The van der Waals surface area contributed by atoms with Crippen LogP contribution in [0.2, 0.25) is 0 Å². The van der Waals surface area contributed by atoms with E-state index < -0.39 is 0 Å². The average molecular weight is 423 g/mol. The van der Waals surface area contributed by atoms with Crippen LogP contribution in [0.3, 0.4) is 0 Å². The van der Waals surface area contributed by atoms with Gasteiger partial charge in [-0.2, -0.15) is 0 Å². The Bertz CT molecular complexity index is 1130. The Balaban J connectivity index is 1.62. The third-order valence-electron chi connectivity index (χ3n) is 4.96. The summed E-state index contributed by atoms with van der Waals surface area (Å²) in [5.74, 6) is -0.736. The lowest BCUT2D eigenvalue weighted by molar-refractivity contribution is 0.0926. The highest BCUT2D eigenvalue weighted by Gasteiger charge is 2.38. The quantitative estimate of drug-likeness (QED) is 0.615. The van der Waals surface area contributed by atoms with Crippen molar-refractivity contribution in [1.29, 1.82) is 0 Å². The van der Waals surface area contributed by atoms with Gasteiger partial charge in [0.2, 0.25) is 5.13 Å². The first-order chi connectivity index (χ1) is 14.3. The smallest absolute Gasteiger partial charge is 0.320 e. The number of benzene rings is 2.